The minimum atomic E-state index is -4.12. The van der Waals surface area contributed by atoms with E-state index in [0.717, 1.165) is 12.0 Å². The lowest BCUT2D eigenvalue weighted by Crippen LogP contribution is -2.32. The van der Waals surface area contributed by atoms with Crippen molar-refractivity contribution in [3.05, 3.63) is 35.6 Å². The van der Waals surface area contributed by atoms with Crippen molar-refractivity contribution >= 4 is 11.6 Å². The maximum Gasteiger partial charge on any atom is 0.391 e. The molecule has 0 radical (unpaired) electrons. The van der Waals surface area contributed by atoms with Gasteiger partial charge in [-0.3, -0.25) is 0 Å². The third-order valence-corrected chi connectivity index (χ3v) is 4.54. The van der Waals surface area contributed by atoms with Gasteiger partial charge in [-0.05, 0) is 49.3 Å². The molecule has 1 aliphatic carbocycles. The molecule has 0 spiro atoms. The number of halogens is 5. The largest absolute Gasteiger partial charge is 0.391 e. The molecule has 5 heteroatoms. The summed E-state index contributed by atoms with van der Waals surface area (Å²) < 4.78 is 51.1. The van der Waals surface area contributed by atoms with Crippen molar-refractivity contribution in [2.45, 2.75) is 43.7 Å². The molecule has 3 unspecified atom stereocenters. The predicted molar refractivity (Wildman–Crippen MR) is 71.2 cm³/mol. The van der Waals surface area contributed by atoms with Crippen LogP contribution in [0.25, 0.3) is 0 Å². The second-order valence-corrected chi connectivity index (χ2v) is 6.07. The molecule has 1 fully saturated rings. The molecule has 0 aliphatic heterocycles. The second-order valence-electron chi connectivity index (χ2n) is 5.51. The highest BCUT2D eigenvalue weighted by Crippen LogP contribution is 2.42. The summed E-state index contributed by atoms with van der Waals surface area (Å²) in [6.45, 7) is 0. The molecule has 112 valence electrons. The molecule has 3 atom stereocenters. The third kappa shape index (κ3) is 4.11. The summed E-state index contributed by atoms with van der Waals surface area (Å²) in [4.78, 5) is 0. The highest BCUT2D eigenvalue weighted by molar-refractivity contribution is 6.20. The maximum absolute atomic E-state index is 12.8. The highest BCUT2D eigenvalue weighted by Gasteiger charge is 2.43. The van der Waals surface area contributed by atoms with E-state index in [4.69, 9.17) is 11.6 Å². The van der Waals surface area contributed by atoms with Gasteiger partial charge in [0.25, 0.3) is 0 Å². The van der Waals surface area contributed by atoms with Crippen molar-refractivity contribution in [1.29, 1.82) is 0 Å². The Morgan fingerprint density at radius 2 is 1.80 bits per heavy atom. The number of rotatable bonds is 3. The minimum Gasteiger partial charge on any atom is -0.207 e. The first-order valence-electron chi connectivity index (χ1n) is 6.81. The Labute approximate surface area is 121 Å². The van der Waals surface area contributed by atoms with E-state index in [-0.39, 0.29) is 30.0 Å². The Balaban J connectivity index is 1.95. The van der Waals surface area contributed by atoms with Crippen molar-refractivity contribution in [3.8, 4) is 0 Å². The minimum absolute atomic E-state index is 0.110. The summed E-state index contributed by atoms with van der Waals surface area (Å²) in [5.74, 6) is -1.67. The Bertz CT molecular complexity index is 426. The normalized spacial score (nSPS) is 25.4. The predicted octanol–water partition coefficient (Wildman–Crippen LogP) is 5.34. The van der Waals surface area contributed by atoms with Gasteiger partial charge in [-0.2, -0.15) is 13.2 Å². The Hall–Kier alpha value is -0.770. The van der Waals surface area contributed by atoms with E-state index < -0.39 is 12.1 Å². The molecule has 2 rings (SSSR count). The summed E-state index contributed by atoms with van der Waals surface area (Å²) in [7, 11) is 0. The van der Waals surface area contributed by atoms with Crippen LogP contribution in [0.3, 0.4) is 0 Å². The molecule has 1 aliphatic rings. The maximum atomic E-state index is 12.8. The zero-order chi connectivity index (χ0) is 14.8. The average molecular weight is 309 g/mol. The highest BCUT2D eigenvalue weighted by atomic mass is 35.5. The molecule has 0 nitrogen and oxygen atoms in total. The third-order valence-electron chi connectivity index (χ3n) is 4.03. The number of hydrogen-bond donors (Lipinski definition) is 0. The Kier molecular flexibility index (Phi) is 4.95. The molecule has 0 aromatic heterocycles. The first-order chi connectivity index (χ1) is 9.36. The van der Waals surface area contributed by atoms with E-state index in [9.17, 15) is 17.6 Å². The standard InChI is InChI=1S/C15H17ClF4/c16-14(8-10-4-6-13(17)7-5-10)11-2-1-3-12(9-11)15(18,19)20/h4-7,11-12,14H,1-3,8-9H2. The van der Waals surface area contributed by atoms with Gasteiger partial charge in [0.05, 0.1) is 5.92 Å². The van der Waals surface area contributed by atoms with Crippen molar-refractivity contribution in [2.75, 3.05) is 0 Å². The van der Waals surface area contributed by atoms with Crippen molar-refractivity contribution in [3.63, 3.8) is 0 Å². The smallest absolute Gasteiger partial charge is 0.207 e. The topological polar surface area (TPSA) is 0 Å². The molecule has 0 bridgehead atoms. The van der Waals surface area contributed by atoms with Crippen LogP contribution in [0.5, 0.6) is 0 Å². The van der Waals surface area contributed by atoms with Crippen LogP contribution in [-0.2, 0) is 6.42 Å². The summed E-state index contributed by atoms with van der Waals surface area (Å²) >= 11 is 6.29. The van der Waals surface area contributed by atoms with E-state index in [1.807, 2.05) is 0 Å². The van der Waals surface area contributed by atoms with Crippen LogP contribution in [-0.4, -0.2) is 11.6 Å². The SMILES string of the molecule is Fc1ccc(CC(Cl)C2CCCC(C(F)(F)F)C2)cc1. The van der Waals surface area contributed by atoms with E-state index in [1.54, 1.807) is 12.1 Å². The molecule has 0 heterocycles. The fraction of sp³-hybridized carbons (Fsp3) is 0.600. The fourth-order valence-corrected chi connectivity index (χ4v) is 3.27. The Morgan fingerprint density at radius 3 is 2.40 bits per heavy atom. The van der Waals surface area contributed by atoms with E-state index in [1.165, 1.54) is 12.1 Å². The van der Waals surface area contributed by atoms with Gasteiger partial charge in [-0.25, -0.2) is 4.39 Å². The first-order valence-corrected chi connectivity index (χ1v) is 7.25. The quantitative estimate of drug-likeness (QED) is 0.522. The molecule has 20 heavy (non-hydrogen) atoms. The average Bonchev–Trinajstić information content (AvgIpc) is 2.40. The van der Waals surface area contributed by atoms with Gasteiger partial charge in [0.2, 0.25) is 0 Å². The second kappa shape index (κ2) is 6.33. The van der Waals surface area contributed by atoms with Gasteiger partial charge in [0.1, 0.15) is 5.82 Å². The van der Waals surface area contributed by atoms with Gasteiger partial charge >= 0.3 is 6.18 Å². The summed E-state index contributed by atoms with van der Waals surface area (Å²) in [5, 5.41) is -0.328. The van der Waals surface area contributed by atoms with Crippen molar-refractivity contribution in [2.24, 2.45) is 11.8 Å². The van der Waals surface area contributed by atoms with Crippen LogP contribution in [0.15, 0.2) is 24.3 Å². The van der Waals surface area contributed by atoms with Crippen LogP contribution < -0.4 is 0 Å². The molecule has 1 aromatic rings. The lowest BCUT2D eigenvalue weighted by atomic mass is 9.78. The zero-order valence-electron chi connectivity index (χ0n) is 11.0. The van der Waals surface area contributed by atoms with Gasteiger partial charge in [-0.1, -0.05) is 18.6 Å². The van der Waals surface area contributed by atoms with Gasteiger partial charge in [0.15, 0.2) is 0 Å². The van der Waals surface area contributed by atoms with Gasteiger partial charge in [0, 0.05) is 5.38 Å². The van der Waals surface area contributed by atoms with Crippen LogP contribution in [0.4, 0.5) is 17.6 Å². The number of hydrogen-bond acceptors (Lipinski definition) is 0. The van der Waals surface area contributed by atoms with Gasteiger partial charge in [-0.15, -0.1) is 11.6 Å². The molecule has 0 saturated heterocycles. The zero-order valence-corrected chi connectivity index (χ0v) is 11.7. The summed E-state index contributed by atoms with van der Waals surface area (Å²) in [5.41, 5.74) is 0.862. The summed E-state index contributed by atoms with van der Waals surface area (Å²) in [6.07, 6.45) is -2.01. The Morgan fingerprint density at radius 1 is 1.15 bits per heavy atom. The van der Waals surface area contributed by atoms with Crippen LogP contribution in [0.2, 0.25) is 0 Å². The van der Waals surface area contributed by atoms with Gasteiger partial charge < -0.3 is 0 Å². The number of alkyl halides is 4. The van der Waals surface area contributed by atoms with E-state index in [2.05, 4.69) is 0 Å². The lowest BCUT2D eigenvalue weighted by molar-refractivity contribution is -0.185. The molecule has 1 aromatic carbocycles. The van der Waals surface area contributed by atoms with Crippen molar-refractivity contribution < 1.29 is 17.6 Å². The van der Waals surface area contributed by atoms with E-state index in [0.29, 0.717) is 12.8 Å². The number of benzene rings is 1. The molecular formula is C15H17ClF4. The van der Waals surface area contributed by atoms with Crippen LogP contribution in [0, 0.1) is 17.7 Å². The lowest BCUT2D eigenvalue weighted by Gasteiger charge is -2.33. The molecular weight excluding hydrogens is 292 g/mol. The molecule has 1 saturated carbocycles. The van der Waals surface area contributed by atoms with Crippen molar-refractivity contribution in [1.82, 2.24) is 0 Å². The summed E-state index contributed by atoms with van der Waals surface area (Å²) in [6, 6.07) is 5.96. The van der Waals surface area contributed by atoms with Crippen LogP contribution >= 0.6 is 11.6 Å². The first kappa shape index (κ1) is 15.6. The molecule has 0 amide bonds. The molecule has 0 N–H and O–H groups in total. The monoisotopic (exact) mass is 308 g/mol. The van der Waals surface area contributed by atoms with Crippen LogP contribution in [0.1, 0.15) is 31.2 Å². The van der Waals surface area contributed by atoms with E-state index >= 15 is 0 Å². The fourth-order valence-electron chi connectivity index (χ4n) is 2.87.